The van der Waals surface area contributed by atoms with Crippen molar-refractivity contribution in [1.82, 2.24) is 4.90 Å². The zero-order valence-electron chi connectivity index (χ0n) is 9.50. The highest BCUT2D eigenvalue weighted by Gasteiger charge is 2.61. The lowest BCUT2D eigenvalue weighted by atomic mass is 9.97. The second-order valence-corrected chi connectivity index (χ2v) is 6.12. The molecule has 2 rings (SSSR count). The van der Waals surface area contributed by atoms with Crippen molar-refractivity contribution < 1.29 is 24.2 Å². The number of carbonyl (C=O) groups excluding carboxylic acids is 2. The molecule has 0 saturated carbocycles. The summed E-state index contributed by atoms with van der Waals surface area (Å²) in [6.07, 6.45) is 0.365. The molecule has 0 bridgehead atoms. The number of thioether (sulfide) groups is 1. The molecule has 0 spiro atoms. The number of amides is 1. The molecule has 2 heterocycles. The molecule has 2 fully saturated rings. The first-order chi connectivity index (χ1) is 7.85. The van der Waals surface area contributed by atoms with E-state index < -0.39 is 22.7 Å². The lowest BCUT2D eigenvalue weighted by Crippen LogP contribution is -2.58. The van der Waals surface area contributed by atoms with Gasteiger partial charge in [0.15, 0.2) is 0 Å². The van der Waals surface area contributed by atoms with Gasteiger partial charge >= 0.3 is 11.9 Å². The minimum absolute atomic E-state index is 0.00421. The van der Waals surface area contributed by atoms with E-state index in [1.165, 1.54) is 23.6 Å². The van der Waals surface area contributed by atoms with E-state index in [1.54, 1.807) is 6.92 Å². The van der Waals surface area contributed by atoms with Gasteiger partial charge in [-0.15, -0.1) is 11.8 Å². The SMILES string of the molecule is CC(=O)OC[C@]1(C)S[C@@H]2CC(=O)N2[C@H]1C(=O)O. The van der Waals surface area contributed by atoms with Crippen LogP contribution in [0.15, 0.2) is 0 Å². The topological polar surface area (TPSA) is 83.9 Å². The molecule has 0 aromatic rings. The smallest absolute Gasteiger partial charge is 0.328 e. The van der Waals surface area contributed by atoms with Gasteiger partial charge in [-0.05, 0) is 6.92 Å². The number of aliphatic carboxylic acids is 1. The maximum absolute atomic E-state index is 11.4. The predicted molar refractivity (Wildman–Crippen MR) is 59.3 cm³/mol. The Morgan fingerprint density at radius 2 is 2.29 bits per heavy atom. The summed E-state index contributed by atoms with van der Waals surface area (Å²) >= 11 is 1.39. The largest absolute Gasteiger partial charge is 0.480 e. The molecule has 94 valence electrons. The predicted octanol–water partition coefficient (Wildman–Crippen LogP) is 0.0666. The summed E-state index contributed by atoms with van der Waals surface area (Å²) in [5.41, 5.74) is 0. The van der Waals surface area contributed by atoms with Crippen molar-refractivity contribution in [2.45, 2.75) is 36.4 Å². The molecule has 0 aliphatic carbocycles. The van der Waals surface area contributed by atoms with Crippen molar-refractivity contribution in [2.75, 3.05) is 6.61 Å². The van der Waals surface area contributed by atoms with Crippen LogP contribution < -0.4 is 0 Å². The van der Waals surface area contributed by atoms with Gasteiger partial charge in [0.1, 0.15) is 12.6 Å². The first-order valence-corrected chi connectivity index (χ1v) is 6.08. The molecule has 0 radical (unpaired) electrons. The Morgan fingerprint density at radius 1 is 1.65 bits per heavy atom. The van der Waals surface area contributed by atoms with Crippen LogP contribution in [0.4, 0.5) is 0 Å². The van der Waals surface area contributed by atoms with Crippen LogP contribution in [0.2, 0.25) is 0 Å². The molecule has 0 aromatic carbocycles. The van der Waals surface area contributed by atoms with Crippen molar-refractivity contribution in [1.29, 1.82) is 0 Å². The van der Waals surface area contributed by atoms with Gasteiger partial charge in [-0.1, -0.05) is 0 Å². The molecule has 0 aromatic heterocycles. The van der Waals surface area contributed by atoms with Crippen LogP contribution in [-0.2, 0) is 19.1 Å². The second-order valence-electron chi connectivity index (χ2n) is 4.41. The van der Waals surface area contributed by atoms with Crippen molar-refractivity contribution in [2.24, 2.45) is 0 Å². The van der Waals surface area contributed by atoms with Crippen molar-refractivity contribution in [3.8, 4) is 0 Å². The maximum atomic E-state index is 11.4. The number of hydrogen-bond acceptors (Lipinski definition) is 5. The van der Waals surface area contributed by atoms with E-state index in [9.17, 15) is 19.5 Å². The normalized spacial score (nSPS) is 35.2. The van der Waals surface area contributed by atoms with Crippen LogP contribution >= 0.6 is 11.8 Å². The Labute approximate surface area is 102 Å². The fraction of sp³-hybridized carbons (Fsp3) is 0.700. The molecule has 0 unspecified atom stereocenters. The standard InChI is InChI=1S/C10H13NO5S/c1-5(12)16-4-10(2)8(9(14)15)11-6(13)3-7(11)17-10/h7-8H,3-4H2,1-2H3,(H,14,15)/t7-,8+,10+/m1/s1. The molecule has 1 N–H and O–H groups in total. The molecule has 2 aliphatic heterocycles. The molecular weight excluding hydrogens is 246 g/mol. The van der Waals surface area contributed by atoms with Gasteiger partial charge in [-0.3, -0.25) is 9.59 Å². The quantitative estimate of drug-likeness (QED) is 0.570. The molecule has 2 saturated heterocycles. The number of esters is 1. The Hall–Kier alpha value is -1.24. The van der Waals surface area contributed by atoms with Gasteiger partial charge in [0.25, 0.3) is 0 Å². The number of rotatable bonds is 3. The van der Waals surface area contributed by atoms with Crippen molar-refractivity contribution in [3.05, 3.63) is 0 Å². The van der Waals surface area contributed by atoms with Crippen molar-refractivity contribution >= 4 is 29.6 Å². The van der Waals surface area contributed by atoms with Crippen LogP contribution in [0.5, 0.6) is 0 Å². The Bertz CT molecular complexity index is 398. The monoisotopic (exact) mass is 259 g/mol. The van der Waals surface area contributed by atoms with Crippen LogP contribution in [-0.4, -0.2) is 50.6 Å². The van der Waals surface area contributed by atoms with Crippen molar-refractivity contribution in [3.63, 3.8) is 0 Å². The van der Waals surface area contributed by atoms with Gasteiger partial charge in [-0.25, -0.2) is 4.79 Å². The zero-order valence-corrected chi connectivity index (χ0v) is 10.3. The first-order valence-electron chi connectivity index (χ1n) is 5.20. The molecule has 6 nitrogen and oxygen atoms in total. The van der Waals surface area contributed by atoms with E-state index >= 15 is 0 Å². The summed E-state index contributed by atoms with van der Waals surface area (Å²) in [6, 6.07) is -0.918. The summed E-state index contributed by atoms with van der Waals surface area (Å²) in [6.45, 7) is 2.99. The summed E-state index contributed by atoms with van der Waals surface area (Å²) in [5, 5.41) is 9.11. The van der Waals surface area contributed by atoms with E-state index in [4.69, 9.17) is 4.74 Å². The van der Waals surface area contributed by atoms with Gasteiger partial charge in [0.05, 0.1) is 16.5 Å². The molecule has 2 aliphatic rings. The maximum Gasteiger partial charge on any atom is 0.328 e. The minimum atomic E-state index is -1.05. The third-order valence-electron chi connectivity index (χ3n) is 3.01. The van der Waals surface area contributed by atoms with Crippen LogP contribution in [0.3, 0.4) is 0 Å². The highest BCUT2D eigenvalue weighted by Crippen LogP contribution is 2.50. The van der Waals surface area contributed by atoms with E-state index in [2.05, 4.69) is 0 Å². The number of hydrogen-bond donors (Lipinski definition) is 1. The zero-order chi connectivity index (χ0) is 12.8. The van der Waals surface area contributed by atoms with Gasteiger partial charge in [0, 0.05) is 6.92 Å². The van der Waals surface area contributed by atoms with E-state index in [1.807, 2.05) is 0 Å². The van der Waals surface area contributed by atoms with Crippen LogP contribution in [0.25, 0.3) is 0 Å². The first kappa shape index (κ1) is 12.2. The Morgan fingerprint density at radius 3 is 2.76 bits per heavy atom. The summed E-state index contributed by atoms with van der Waals surface area (Å²) < 4.78 is 4.14. The fourth-order valence-electron chi connectivity index (χ4n) is 2.22. The van der Waals surface area contributed by atoms with Crippen LogP contribution in [0.1, 0.15) is 20.3 Å². The molecule has 17 heavy (non-hydrogen) atoms. The van der Waals surface area contributed by atoms with Gasteiger partial charge in [-0.2, -0.15) is 0 Å². The molecule has 1 amide bonds. The number of nitrogens with zero attached hydrogens (tertiary/aromatic N) is 1. The number of carboxylic acid groups (broad SMARTS) is 1. The highest BCUT2D eigenvalue weighted by molar-refractivity contribution is 8.01. The number of carboxylic acids is 1. The Balaban J connectivity index is 2.18. The average molecular weight is 259 g/mol. The number of β-lactam (4-membered cyclic amide) rings is 1. The van der Waals surface area contributed by atoms with E-state index in [0.717, 1.165) is 0 Å². The van der Waals surface area contributed by atoms with Gasteiger partial charge < -0.3 is 14.7 Å². The van der Waals surface area contributed by atoms with Crippen LogP contribution in [0, 0.1) is 0 Å². The number of carbonyl (C=O) groups is 3. The number of fused-ring (bicyclic) bond motifs is 1. The average Bonchev–Trinajstić information content (AvgIpc) is 2.45. The third-order valence-corrected chi connectivity index (χ3v) is 4.55. The molecular formula is C10H13NO5S. The lowest BCUT2D eigenvalue weighted by molar-refractivity contribution is -0.159. The second kappa shape index (κ2) is 3.90. The summed E-state index contributed by atoms with van der Waals surface area (Å²) in [5.74, 6) is -1.65. The lowest BCUT2D eigenvalue weighted by Gasteiger charge is -2.36. The molecule has 3 atom stereocenters. The third kappa shape index (κ3) is 1.88. The van der Waals surface area contributed by atoms with E-state index in [0.29, 0.717) is 6.42 Å². The molecule has 7 heteroatoms. The fourth-order valence-corrected chi connectivity index (χ4v) is 3.89. The number of ether oxygens (including phenoxy) is 1. The summed E-state index contributed by atoms with van der Waals surface area (Å²) in [4.78, 5) is 34.8. The van der Waals surface area contributed by atoms with E-state index in [-0.39, 0.29) is 17.9 Å². The minimum Gasteiger partial charge on any atom is -0.480 e. The summed E-state index contributed by atoms with van der Waals surface area (Å²) in [7, 11) is 0. The Kier molecular flexibility index (Phi) is 2.81. The highest BCUT2D eigenvalue weighted by atomic mass is 32.2. The van der Waals surface area contributed by atoms with Gasteiger partial charge in [0.2, 0.25) is 5.91 Å².